The zero-order valence-electron chi connectivity index (χ0n) is 22.1. The number of hydrogen-bond acceptors (Lipinski definition) is 3. The van der Waals surface area contributed by atoms with Crippen LogP contribution in [0.1, 0.15) is 156 Å². The summed E-state index contributed by atoms with van der Waals surface area (Å²) in [6.45, 7) is 11.2. The van der Waals surface area contributed by atoms with Crippen molar-refractivity contribution in [2.75, 3.05) is 13.1 Å². The topological polar surface area (TPSA) is 33.3 Å². The summed E-state index contributed by atoms with van der Waals surface area (Å²) in [5.74, 6) is 1.75. The molecular weight excluding hydrogens is 380 g/mol. The minimum Gasteiger partial charge on any atom is -0.214 e. The van der Waals surface area contributed by atoms with Gasteiger partial charge in [-0.25, -0.2) is 4.94 Å². The van der Waals surface area contributed by atoms with E-state index in [1.54, 1.807) is 0 Å². The van der Waals surface area contributed by atoms with Crippen molar-refractivity contribution in [2.45, 2.75) is 156 Å². The maximum atomic E-state index is 5.33. The predicted molar refractivity (Wildman–Crippen MR) is 139 cm³/mol. The SMILES string of the molecule is CC(C)CCCCCCCCCCCNONCCCCCCCCCCCC(C)C. The summed E-state index contributed by atoms with van der Waals surface area (Å²) in [5, 5.41) is 0. The van der Waals surface area contributed by atoms with E-state index >= 15 is 0 Å². The molecule has 0 radical (unpaired) electrons. The lowest BCUT2D eigenvalue weighted by atomic mass is 10.0. The van der Waals surface area contributed by atoms with Crippen LogP contribution in [0.3, 0.4) is 0 Å². The lowest BCUT2D eigenvalue weighted by Gasteiger charge is -2.07. The molecule has 2 N–H and O–H groups in total. The van der Waals surface area contributed by atoms with Crippen LogP contribution in [0.5, 0.6) is 0 Å². The maximum Gasteiger partial charge on any atom is 0.0229 e. The van der Waals surface area contributed by atoms with Crippen LogP contribution in [-0.4, -0.2) is 13.1 Å². The molecular formula is C28H60N2O. The summed E-state index contributed by atoms with van der Waals surface area (Å²) in [6, 6.07) is 0. The second-order valence-electron chi connectivity index (χ2n) is 10.6. The smallest absolute Gasteiger partial charge is 0.0229 e. The number of rotatable bonds is 26. The molecule has 0 rings (SSSR count). The standard InChI is InChI=1S/C28H60N2O/c1-27(2)23-19-15-11-7-5-9-13-17-21-25-29-31-30-26-22-18-14-10-6-8-12-16-20-24-28(3)4/h27-30H,5-26H2,1-4H3. The molecule has 188 valence electrons. The van der Waals surface area contributed by atoms with Crippen LogP contribution < -0.4 is 11.0 Å². The lowest BCUT2D eigenvalue weighted by molar-refractivity contribution is -0.0387. The van der Waals surface area contributed by atoms with Gasteiger partial charge >= 0.3 is 0 Å². The van der Waals surface area contributed by atoms with Crippen molar-refractivity contribution < 1.29 is 4.94 Å². The molecule has 0 saturated heterocycles. The van der Waals surface area contributed by atoms with Gasteiger partial charge in [-0.05, 0) is 24.7 Å². The van der Waals surface area contributed by atoms with Crippen molar-refractivity contribution in [3.63, 3.8) is 0 Å². The van der Waals surface area contributed by atoms with Gasteiger partial charge in [0.1, 0.15) is 0 Å². The van der Waals surface area contributed by atoms with Crippen molar-refractivity contribution >= 4 is 0 Å². The van der Waals surface area contributed by atoms with Crippen LogP contribution in [0.4, 0.5) is 0 Å². The molecule has 31 heavy (non-hydrogen) atoms. The minimum atomic E-state index is 0.877. The third kappa shape index (κ3) is 29.9. The van der Waals surface area contributed by atoms with Gasteiger partial charge in [0, 0.05) is 13.1 Å². The maximum absolute atomic E-state index is 5.33. The first-order chi connectivity index (χ1) is 15.1. The zero-order valence-corrected chi connectivity index (χ0v) is 22.1. The molecule has 3 heteroatoms. The Balaban J connectivity index is 3.01. The van der Waals surface area contributed by atoms with Gasteiger partial charge in [0.05, 0.1) is 0 Å². The Bertz CT molecular complexity index is 290. The predicted octanol–water partition coefficient (Wildman–Crippen LogP) is 9.13. The van der Waals surface area contributed by atoms with E-state index in [4.69, 9.17) is 4.94 Å². The molecule has 0 unspecified atom stereocenters. The Morgan fingerprint density at radius 2 is 0.645 bits per heavy atom. The van der Waals surface area contributed by atoms with Crippen LogP contribution in [0.15, 0.2) is 0 Å². The highest BCUT2D eigenvalue weighted by Gasteiger charge is 1.97. The third-order valence-corrected chi connectivity index (χ3v) is 6.26. The molecule has 0 aliphatic heterocycles. The number of nitrogens with one attached hydrogen (secondary N) is 2. The fourth-order valence-electron chi connectivity index (χ4n) is 4.13. The van der Waals surface area contributed by atoms with Crippen molar-refractivity contribution in [3.8, 4) is 0 Å². The van der Waals surface area contributed by atoms with Crippen molar-refractivity contribution in [3.05, 3.63) is 0 Å². The second kappa shape index (κ2) is 26.1. The lowest BCUT2D eigenvalue weighted by Crippen LogP contribution is -2.27. The van der Waals surface area contributed by atoms with Crippen molar-refractivity contribution in [1.82, 2.24) is 11.0 Å². The minimum absolute atomic E-state index is 0.877. The van der Waals surface area contributed by atoms with Crippen LogP contribution in [0.25, 0.3) is 0 Å². The van der Waals surface area contributed by atoms with Gasteiger partial charge in [-0.15, -0.1) is 0 Å². The normalized spacial score (nSPS) is 11.8. The summed E-state index contributed by atoms with van der Waals surface area (Å²) < 4.78 is 0. The quantitative estimate of drug-likeness (QED) is 0.104. The molecule has 0 aromatic carbocycles. The molecule has 3 nitrogen and oxygen atoms in total. The number of hydrogen-bond donors (Lipinski definition) is 2. The molecule has 0 atom stereocenters. The molecule has 0 heterocycles. The third-order valence-electron chi connectivity index (χ3n) is 6.26. The fourth-order valence-corrected chi connectivity index (χ4v) is 4.13. The van der Waals surface area contributed by atoms with E-state index in [0.29, 0.717) is 0 Å². The first-order valence-corrected chi connectivity index (χ1v) is 14.2. The molecule has 0 amide bonds. The van der Waals surface area contributed by atoms with E-state index in [2.05, 4.69) is 38.7 Å². The van der Waals surface area contributed by atoms with E-state index in [-0.39, 0.29) is 0 Å². The van der Waals surface area contributed by atoms with E-state index in [0.717, 1.165) is 24.9 Å². The summed E-state index contributed by atoms with van der Waals surface area (Å²) >= 11 is 0. The first kappa shape index (κ1) is 30.9. The Morgan fingerprint density at radius 1 is 0.387 bits per heavy atom. The second-order valence-corrected chi connectivity index (χ2v) is 10.6. The van der Waals surface area contributed by atoms with Gasteiger partial charge in [-0.1, -0.05) is 143 Å². The molecule has 0 aromatic rings. The fraction of sp³-hybridized carbons (Fsp3) is 1.00. The molecule has 0 saturated carbocycles. The van der Waals surface area contributed by atoms with Gasteiger partial charge in [0.2, 0.25) is 0 Å². The Kier molecular flexibility index (Phi) is 26.0. The molecule has 0 spiro atoms. The summed E-state index contributed by atoms with van der Waals surface area (Å²) in [4.78, 5) is 5.33. The first-order valence-electron chi connectivity index (χ1n) is 14.2. The molecule has 0 aliphatic rings. The Morgan fingerprint density at radius 3 is 0.935 bits per heavy atom. The Labute approximate surface area is 197 Å². The number of unbranched alkanes of at least 4 members (excludes halogenated alkanes) is 16. The Hall–Kier alpha value is -0.120. The molecule has 0 aromatic heterocycles. The highest BCUT2D eigenvalue weighted by molar-refractivity contribution is 4.51. The van der Waals surface area contributed by atoms with E-state index in [9.17, 15) is 0 Å². The van der Waals surface area contributed by atoms with Gasteiger partial charge in [-0.2, -0.15) is 11.0 Å². The van der Waals surface area contributed by atoms with Gasteiger partial charge in [0.15, 0.2) is 0 Å². The monoisotopic (exact) mass is 440 g/mol. The summed E-state index contributed by atoms with van der Waals surface area (Å²) in [5.41, 5.74) is 6.10. The van der Waals surface area contributed by atoms with E-state index in [1.165, 1.54) is 128 Å². The van der Waals surface area contributed by atoms with E-state index in [1.807, 2.05) is 0 Å². The zero-order chi connectivity index (χ0) is 22.8. The average Bonchev–Trinajstić information content (AvgIpc) is 2.73. The molecule has 0 aliphatic carbocycles. The van der Waals surface area contributed by atoms with E-state index < -0.39 is 0 Å². The highest BCUT2D eigenvalue weighted by atomic mass is 16.8. The van der Waals surface area contributed by atoms with Crippen molar-refractivity contribution in [1.29, 1.82) is 0 Å². The molecule has 0 fully saturated rings. The van der Waals surface area contributed by atoms with Crippen LogP contribution in [0.2, 0.25) is 0 Å². The van der Waals surface area contributed by atoms with Gasteiger partial charge in [-0.3, -0.25) is 0 Å². The van der Waals surface area contributed by atoms with Crippen LogP contribution >= 0.6 is 0 Å². The van der Waals surface area contributed by atoms with Gasteiger partial charge < -0.3 is 0 Å². The van der Waals surface area contributed by atoms with Crippen LogP contribution in [-0.2, 0) is 4.94 Å². The summed E-state index contributed by atoms with van der Waals surface area (Å²) in [6.07, 6.45) is 27.7. The summed E-state index contributed by atoms with van der Waals surface area (Å²) in [7, 11) is 0. The van der Waals surface area contributed by atoms with Crippen LogP contribution in [0, 0.1) is 11.8 Å². The van der Waals surface area contributed by atoms with Gasteiger partial charge in [0.25, 0.3) is 0 Å². The number of hydroxylamine groups is 2. The largest absolute Gasteiger partial charge is 0.214 e. The van der Waals surface area contributed by atoms with Crippen molar-refractivity contribution in [2.24, 2.45) is 11.8 Å². The highest BCUT2D eigenvalue weighted by Crippen LogP contribution is 2.14. The average molecular weight is 441 g/mol. The molecule has 0 bridgehead atoms.